The summed E-state index contributed by atoms with van der Waals surface area (Å²) in [5, 5.41) is 7.95. The van der Waals surface area contributed by atoms with Gasteiger partial charge in [0.25, 0.3) is 0 Å². The van der Waals surface area contributed by atoms with Crippen LogP contribution in [-0.2, 0) is 0 Å². The molecule has 0 fully saturated rings. The average molecular weight is 198 g/mol. The number of rotatable bonds is 1. The van der Waals surface area contributed by atoms with Crippen LogP contribution in [0.2, 0.25) is 5.02 Å². The second kappa shape index (κ2) is 3.66. The van der Waals surface area contributed by atoms with Crippen molar-refractivity contribution in [3.8, 4) is 0 Å². The fraction of sp³-hybridized carbons (Fsp3) is 0.222. The number of halogens is 1. The minimum absolute atomic E-state index is 0.0189. The number of nitrogens with two attached hydrogens (primary N) is 1. The molecular weight excluding hydrogens is 186 g/mol. The Morgan fingerprint density at radius 2 is 2.15 bits per heavy atom. The van der Waals surface area contributed by atoms with Crippen molar-refractivity contribution in [1.29, 1.82) is 5.41 Å². The van der Waals surface area contributed by atoms with Gasteiger partial charge in [0.1, 0.15) is 0 Å². The van der Waals surface area contributed by atoms with E-state index in [1.165, 1.54) is 0 Å². The first-order chi connectivity index (χ1) is 6.02. The van der Waals surface area contributed by atoms with Crippen LogP contribution in [0.15, 0.2) is 18.2 Å². The fourth-order valence-corrected chi connectivity index (χ4v) is 1.35. The van der Waals surface area contributed by atoms with E-state index in [2.05, 4.69) is 0 Å². The number of guanidine groups is 1. The molecule has 0 radical (unpaired) electrons. The Labute approximate surface area is 82.6 Å². The Morgan fingerprint density at radius 3 is 2.62 bits per heavy atom. The highest BCUT2D eigenvalue weighted by Crippen LogP contribution is 2.21. The lowest BCUT2D eigenvalue weighted by Crippen LogP contribution is -2.33. The molecule has 0 aliphatic carbocycles. The second-order valence-corrected chi connectivity index (χ2v) is 3.31. The van der Waals surface area contributed by atoms with E-state index in [-0.39, 0.29) is 5.96 Å². The standard InChI is InChI=1S/C9H12ClN3/c1-6-5-7(10)3-4-8(6)13(2)9(11)12/h3-5H,1-2H3,(H3,11,12). The number of hydrogen-bond donors (Lipinski definition) is 2. The van der Waals surface area contributed by atoms with Crippen molar-refractivity contribution in [2.75, 3.05) is 11.9 Å². The van der Waals surface area contributed by atoms with E-state index >= 15 is 0 Å². The number of anilines is 1. The molecule has 0 aliphatic rings. The maximum absolute atomic E-state index is 7.26. The molecule has 1 aromatic rings. The third kappa shape index (κ3) is 2.12. The molecule has 0 saturated carbocycles. The van der Waals surface area contributed by atoms with Crippen molar-refractivity contribution < 1.29 is 0 Å². The van der Waals surface area contributed by atoms with Crippen molar-refractivity contribution in [3.05, 3.63) is 28.8 Å². The molecule has 0 unspecified atom stereocenters. The van der Waals surface area contributed by atoms with E-state index in [1.807, 2.05) is 19.1 Å². The van der Waals surface area contributed by atoms with Gasteiger partial charge in [0.05, 0.1) is 0 Å². The van der Waals surface area contributed by atoms with Gasteiger partial charge in [-0.2, -0.15) is 0 Å². The van der Waals surface area contributed by atoms with E-state index in [1.54, 1.807) is 18.0 Å². The molecule has 0 bridgehead atoms. The van der Waals surface area contributed by atoms with Gasteiger partial charge in [-0.15, -0.1) is 0 Å². The lowest BCUT2D eigenvalue weighted by molar-refractivity contribution is 1.18. The summed E-state index contributed by atoms with van der Waals surface area (Å²) in [7, 11) is 1.75. The van der Waals surface area contributed by atoms with Gasteiger partial charge in [0, 0.05) is 17.8 Å². The summed E-state index contributed by atoms with van der Waals surface area (Å²) < 4.78 is 0. The molecule has 0 saturated heterocycles. The SMILES string of the molecule is Cc1cc(Cl)ccc1N(C)C(=N)N. The molecule has 4 heteroatoms. The van der Waals surface area contributed by atoms with Gasteiger partial charge in [-0.25, -0.2) is 0 Å². The minimum Gasteiger partial charge on any atom is -0.370 e. The summed E-state index contributed by atoms with van der Waals surface area (Å²) in [5.74, 6) is 0.0189. The van der Waals surface area contributed by atoms with E-state index in [4.69, 9.17) is 22.7 Å². The zero-order valence-electron chi connectivity index (χ0n) is 7.63. The molecule has 0 spiro atoms. The highest BCUT2D eigenvalue weighted by molar-refractivity contribution is 6.30. The zero-order chi connectivity index (χ0) is 10.0. The summed E-state index contributed by atoms with van der Waals surface area (Å²) in [6, 6.07) is 5.47. The minimum atomic E-state index is 0.0189. The topological polar surface area (TPSA) is 53.1 Å². The van der Waals surface area contributed by atoms with Gasteiger partial charge in [0.2, 0.25) is 0 Å². The van der Waals surface area contributed by atoms with Crippen molar-refractivity contribution in [3.63, 3.8) is 0 Å². The highest BCUT2D eigenvalue weighted by Gasteiger charge is 2.06. The molecule has 3 nitrogen and oxygen atoms in total. The largest absolute Gasteiger partial charge is 0.370 e. The van der Waals surface area contributed by atoms with Crippen LogP contribution in [0.1, 0.15) is 5.56 Å². The molecule has 13 heavy (non-hydrogen) atoms. The molecule has 1 aromatic carbocycles. The maximum atomic E-state index is 7.26. The smallest absolute Gasteiger partial charge is 0.192 e. The van der Waals surface area contributed by atoms with Crippen molar-refractivity contribution in [2.45, 2.75) is 6.92 Å². The van der Waals surface area contributed by atoms with E-state index < -0.39 is 0 Å². The maximum Gasteiger partial charge on any atom is 0.192 e. The van der Waals surface area contributed by atoms with Gasteiger partial charge in [-0.3, -0.25) is 5.41 Å². The van der Waals surface area contributed by atoms with E-state index in [0.717, 1.165) is 11.3 Å². The number of benzene rings is 1. The number of nitrogens with zero attached hydrogens (tertiary/aromatic N) is 1. The molecule has 1 rings (SSSR count). The van der Waals surface area contributed by atoms with Crippen LogP contribution >= 0.6 is 11.6 Å². The second-order valence-electron chi connectivity index (χ2n) is 2.88. The molecule has 0 amide bonds. The summed E-state index contributed by atoms with van der Waals surface area (Å²) in [4.78, 5) is 1.60. The lowest BCUT2D eigenvalue weighted by Gasteiger charge is -2.18. The van der Waals surface area contributed by atoms with Crippen LogP contribution in [0.3, 0.4) is 0 Å². The van der Waals surface area contributed by atoms with Crippen molar-refractivity contribution >= 4 is 23.2 Å². The summed E-state index contributed by atoms with van der Waals surface area (Å²) in [6.45, 7) is 1.93. The Balaban J connectivity index is 3.08. The Hall–Kier alpha value is -1.22. The number of hydrogen-bond acceptors (Lipinski definition) is 1. The first kappa shape index (κ1) is 9.86. The normalized spacial score (nSPS) is 9.77. The number of aryl methyl sites for hydroxylation is 1. The molecule has 0 heterocycles. The first-order valence-corrected chi connectivity index (χ1v) is 4.24. The molecule has 0 aromatic heterocycles. The zero-order valence-corrected chi connectivity index (χ0v) is 8.39. The monoisotopic (exact) mass is 197 g/mol. The molecule has 3 N–H and O–H groups in total. The van der Waals surface area contributed by atoms with Gasteiger partial charge >= 0.3 is 0 Å². The van der Waals surface area contributed by atoms with Crippen LogP contribution in [0, 0.1) is 12.3 Å². The van der Waals surface area contributed by atoms with Crippen molar-refractivity contribution in [2.24, 2.45) is 5.73 Å². The van der Waals surface area contributed by atoms with Gasteiger partial charge in [-0.1, -0.05) is 11.6 Å². The highest BCUT2D eigenvalue weighted by atomic mass is 35.5. The van der Waals surface area contributed by atoms with Gasteiger partial charge in [0.15, 0.2) is 5.96 Å². The third-order valence-electron chi connectivity index (χ3n) is 1.88. The fourth-order valence-electron chi connectivity index (χ4n) is 1.12. The molecule has 70 valence electrons. The molecule has 0 atom stereocenters. The Morgan fingerprint density at radius 1 is 1.54 bits per heavy atom. The summed E-state index contributed by atoms with van der Waals surface area (Å²) in [5.41, 5.74) is 7.26. The predicted molar refractivity (Wildman–Crippen MR) is 56.5 cm³/mol. The lowest BCUT2D eigenvalue weighted by atomic mass is 10.2. The molecule has 0 aliphatic heterocycles. The molecular formula is C9H12ClN3. The van der Waals surface area contributed by atoms with E-state index in [0.29, 0.717) is 5.02 Å². The van der Waals surface area contributed by atoms with Crippen molar-refractivity contribution in [1.82, 2.24) is 0 Å². The van der Waals surface area contributed by atoms with Crippen LogP contribution in [0.5, 0.6) is 0 Å². The van der Waals surface area contributed by atoms with Crippen LogP contribution in [0.25, 0.3) is 0 Å². The first-order valence-electron chi connectivity index (χ1n) is 3.86. The Kier molecular flexibility index (Phi) is 2.78. The third-order valence-corrected chi connectivity index (χ3v) is 2.12. The van der Waals surface area contributed by atoms with E-state index in [9.17, 15) is 0 Å². The summed E-state index contributed by atoms with van der Waals surface area (Å²) >= 11 is 5.80. The van der Waals surface area contributed by atoms with Gasteiger partial charge < -0.3 is 10.6 Å². The van der Waals surface area contributed by atoms with Crippen LogP contribution < -0.4 is 10.6 Å². The Bertz CT molecular complexity index is 336. The van der Waals surface area contributed by atoms with Gasteiger partial charge in [-0.05, 0) is 30.7 Å². The van der Waals surface area contributed by atoms with Crippen LogP contribution in [-0.4, -0.2) is 13.0 Å². The quantitative estimate of drug-likeness (QED) is 0.534. The number of nitrogens with one attached hydrogen (secondary N) is 1. The summed E-state index contributed by atoms with van der Waals surface area (Å²) in [6.07, 6.45) is 0. The average Bonchev–Trinajstić information content (AvgIpc) is 2.03. The van der Waals surface area contributed by atoms with Crippen LogP contribution in [0.4, 0.5) is 5.69 Å². The predicted octanol–water partition coefficient (Wildman–Crippen LogP) is 1.98.